The maximum atomic E-state index is 10.8. The molecule has 0 amide bonds. The molecular weight excluding hydrogens is 264 g/mol. The van der Waals surface area contributed by atoms with Crippen molar-refractivity contribution in [3.05, 3.63) is 0 Å². The largest absolute Gasteiger partial charge is 0.480 e. The summed E-state index contributed by atoms with van der Waals surface area (Å²) in [5, 5.41) is 18.8. The van der Waals surface area contributed by atoms with Gasteiger partial charge in [0, 0.05) is 26.7 Å². The molecule has 0 heterocycles. The number of likely N-dealkylation sites (N-methyl/N-ethyl adjacent to an activating group) is 1. The van der Waals surface area contributed by atoms with Crippen LogP contribution in [0, 0.1) is 0 Å². The first-order valence-corrected chi connectivity index (χ1v) is 6.72. The topological polar surface area (TPSA) is 82.5 Å². The van der Waals surface area contributed by atoms with E-state index >= 15 is 0 Å². The fraction of sp³-hybridized carbons (Fsp3) is 0.923. The minimum absolute atomic E-state index is 0.0848. The number of carboxylic acids is 1. The van der Waals surface area contributed by atoms with Gasteiger partial charge < -0.3 is 24.6 Å². The Morgan fingerprint density at radius 3 is 2.40 bits per heavy atom. The highest BCUT2D eigenvalue weighted by Gasteiger charge is 2.16. The Labute approximate surface area is 121 Å². The van der Waals surface area contributed by atoms with Gasteiger partial charge in [0.25, 0.3) is 0 Å². The Balaban J connectivity index is 4.09. The van der Waals surface area contributed by atoms with Crippen molar-refractivity contribution in [1.29, 1.82) is 0 Å². The first-order valence-electron chi connectivity index (χ1n) is 6.72. The third-order valence-corrected chi connectivity index (χ3v) is 2.67. The normalized spacial score (nSPS) is 14.8. The van der Waals surface area contributed by atoms with E-state index in [0.717, 1.165) is 6.54 Å². The summed E-state index contributed by atoms with van der Waals surface area (Å²) in [6.07, 6.45) is -0.805. The van der Waals surface area contributed by atoms with Crippen LogP contribution in [0.15, 0.2) is 0 Å². The van der Waals surface area contributed by atoms with Crippen molar-refractivity contribution in [3.63, 3.8) is 0 Å². The monoisotopic (exact) mass is 292 g/mol. The fourth-order valence-electron chi connectivity index (χ4n) is 1.68. The molecule has 2 unspecified atom stereocenters. The number of hydrogen-bond acceptors (Lipinski definition) is 6. The van der Waals surface area contributed by atoms with E-state index < -0.39 is 12.1 Å². The van der Waals surface area contributed by atoms with E-state index in [-0.39, 0.29) is 25.8 Å². The molecule has 0 spiro atoms. The maximum absolute atomic E-state index is 10.8. The minimum Gasteiger partial charge on any atom is -0.480 e. The lowest BCUT2D eigenvalue weighted by molar-refractivity contribution is -0.138. The third kappa shape index (κ3) is 11.1. The van der Waals surface area contributed by atoms with Crippen molar-refractivity contribution in [2.45, 2.75) is 19.1 Å². The molecule has 0 saturated heterocycles. The zero-order chi connectivity index (χ0) is 15.5. The van der Waals surface area contributed by atoms with E-state index in [4.69, 9.17) is 14.6 Å². The van der Waals surface area contributed by atoms with Crippen LogP contribution in [-0.2, 0) is 14.3 Å². The predicted molar refractivity (Wildman–Crippen MR) is 75.9 cm³/mol. The smallest absolute Gasteiger partial charge is 0.317 e. The maximum Gasteiger partial charge on any atom is 0.317 e. The van der Waals surface area contributed by atoms with E-state index in [1.54, 1.807) is 12.0 Å². The highest BCUT2D eigenvalue weighted by Crippen LogP contribution is 1.98. The quantitative estimate of drug-likeness (QED) is 0.494. The molecule has 0 rings (SSSR count). The molecule has 0 fully saturated rings. The average Bonchev–Trinajstić information content (AvgIpc) is 2.33. The Morgan fingerprint density at radius 2 is 1.90 bits per heavy atom. The summed E-state index contributed by atoms with van der Waals surface area (Å²) in [5.74, 6) is -0.898. The highest BCUT2D eigenvalue weighted by molar-refractivity contribution is 5.69. The van der Waals surface area contributed by atoms with Crippen LogP contribution in [0.2, 0.25) is 0 Å². The number of aliphatic carboxylic acids is 1. The average molecular weight is 292 g/mol. The molecule has 0 aliphatic heterocycles. The SMILES string of the molecule is COCC(C)OCC(O)CN(CCN(C)C)CC(=O)O. The van der Waals surface area contributed by atoms with Gasteiger partial charge in [0.1, 0.15) is 0 Å². The number of aliphatic hydroxyl groups is 1. The minimum atomic E-state index is -0.898. The van der Waals surface area contributed by atoms with Gasteiger partial charge in [0.05, 0.1) is 32.0 Å². The van der Waals surface area contributed by atoms with Crippen molar-refractivity contribution >= 4 is 5.97 Å². The van der Waals surface area contributed by atoms with Crippen LogP contribution in [-0.4, -0.2) is 98.8 Å². The van der Waals surface area contributed by atoms with Crippen LogP contribution >= 0.6 is 0 Å². The van der Waals surface area contributed by atoms with Crippen molar-refractivity contribution in [3.8, 4) is 0 Å². The second-order valence-corrected chi connectivity index (χ2v) is 5.19. The number of methoxy groups -OCH3 is 1. The van der Waals surface area contributed by atoms with E-state index in [9.17, 15) is 9.90 Å². The lowest BCUT2D eigenvalue weighted by Crippen LogP contribution is -2.41. The van der Waals surface area contributed by atoms with Crippen molar-refractivity contribution < 1.29 is 24.5 Å². The zero-order valence-electron chi connectivity index (χ0n) is 12.9. The van der Waals surface area contributed by atoms with Gasteiger partial charge in [-0.15, -0.1) is 0 Å². The summed E-state index contributed by atoms with van der Waals surface area (Å²) in [6, 6.07) is 0. The Morgan fingerprint density at radius 1 is 1.25 bits per heavy atom. The molecule has 7 heteroatoms. The molecular formula is C13H28N2O5. The van der Waals surface area contributed by atoms with E-state index in [0.29, 0.717) is 13.2 Å². The number of rotatable bonds is 12. The second-order valence-electron chi connectivity index (χ2n) is 5.19. The summed E-state index contributed by atoms with van der Waals surface area (Å²) in [4.78, 5) is 14.5. The number of hydrogen-bond donors (Lipinski definition) is 2. The zero-order valence-corrected chi connectivity index (χ0v) is 12.9. The van der Waals surface area contributed by atoms with Gasteiger partial charge in [-0.1, -0.05) is 0 Å². The second kappa shape index (κ2) is 11.0. The van der Waals surface area contributed by atoms with Crippen LogP contribution in [0.3, 0.4) is 0 Å². The molecule has 0 bridgehead atoms. The summed E-state index contributed by atoms with van der Waals surface area (Å²) >= 11 is 0. The number of carbonyl (C=O) groups is 1. The van der Waals surface area contributed by atoms with Gasteiger partial charge in [0.15, 0.2) is 0 Å². The Hall–Kier alpha value is -0.730. The third-order valence-electron chi connectivity index (χ3n) is 2.67. The van der Waals surface area contributed by atoms with E-state index in [2.05, 4.69) is 0 Å². The lowest BCUT2D eigenvalue weighted by Gasteiger charge is -2.25. The summed E-state index contributed by atoms with van der Waals surface area (Å²) in [6.45, 7) is 4.01. The summed E-state index contributed by atoms with van der Waals surface area (Å²) < 4.78 is 10.4. The van der Waals surface area contributed by atoms with Crippen molar-refractivity contribution in [2.75, 3.05) is 60.6 Å². The van der Waals surface area contributed by atoms with Crippen LogP contribution in [0.25, 0.3) is 0 Å². The van der Waals surface area contributed by atoms with Crippen LogP contribution in [0.1, 0.15) is 6.92 Å². The number of ether oxygens (including phenoxy) is 2. The van der Waals surface area contributed by atoms with Crippen molar-refractivity contribution in [2.24, 2.45) is 0 Å². The molecule has 0 aliphatic rings. The molecule has 0 radical (unpaired) electrons. The van der Waals surface area contributed by atoms with Gasteiger partial charge in [0.2, 0.25) is 0 Å². The molecule has 0 aromatic rings. The predicted octanol–water partition coefficient (Wildman–Crippen LogP) is -0.653. The molecule has 2 atom stereocenters. The highest BCUT2D eigenvalue weighted by atomic mass is 16.5. The van der Waals surface area contributed by atoms with Gasteiger partial charge >= 0.3 is 5.97 Å². The number of nitrogens with zero attached hydrogens (tertiary/aromatic N) is 2. The van der Waals surface area contributed by atoms with Crippen LogP contribution in [0.4, 0.5) is 0 Å². The van der Waals surface area contributed by atoms with Gasteiger partial charge in [-0.2, -0.15) is 0 Å². The fourth-order valence-corrected chi connectivity index (χ4v) is 1.68. The molecule has 20 heavy (non-hydrogen) atoms. The molecule has 2 N–H and O–H groups in total. The van der Waals surface area contributed by atoms with Crippen LogP contribution in [0.5, 0.6) is 0 Å². The molecule has 0 aromatic heterocycles. The van der Waals surface area contributed by atoms with Crippen LogP contribution < -0.4 is 0 Å². The molecule has 120 valence electrons. The van der Waals surface area contributed by atoms with Crippen molar-refractivity contribution in [1.82, 2.24) is 9.80 Å². The van der Waals surface area contributed by atoms with E-state index in [1.165, 1.54) is 0 Å². The van der Waals surface area contributed by atoms with Gasteiger partial charge in [-0.3, -0.25) is 9.69 Å². The number of aliphatic hydroxyl groups excluding tert-OH is 1. The molecule has 7 nitrogen and oxygen atoms in total. The van der Waals surface area contributed by atoms with Gasteiger partial charge in [-0.25, -0.2) is 0 Å². The summed E-state index contributed by atoms with van der Waals surface area (Å²) in [5.41, 5.74) is 0. The van der Waals surface area contributed by atoms with Gasteiger partial charge in [-0.05, 0) is 21.0 Å². The first-order chi connectivity index (χ1) is 9.35. The Bertz CT molecular complexity index is 263. The lowest BCUT2D eigenvalue weighted by atomic mass is 10.3. The Kier molecular flexibility index (Phi) is 10.6. The summed E-state index contributed by atoms with van der Waals surface area (Å²) in [7, 11) is 5.43. The first kappa shape index (κ1) is 19.3. The molecule has 0 aromatic carbocycles. The standard InChI is InChI=1S/C13H28N2O5/c1-11(9-19-4)20-10-12(16)7-15(8-13(17)18)6-5-14(2)3/h11-12,16H,5-10H2,1-4H3,(H,17,18). The molecule has 0 aliphatic carbocycles. The number of carboxylic acid groups (broad SMARTS) is 1. The van der Waals surface area contributed by atoms with E-state index in [1.807, 2.05) is 25.9 Å². The molecule has 0 saturated carbocycles.